The van der Waals surface area contributed by atoms with Crippen molar-refractivity contribution in [1.82, 2.24) is 9.47 Å². The van der Waals surface area contributed by atoms with Crippen molar-refractivity contribution in [3.8, 4) is 0 Å². The number of ether oxygens (including phenoxy) is 1. The first-order valence-corrected chi connectivity index (χ1v) is 6.29. The number of aryl methyl sites for hydroxylation is 1. The molecule has 3 heterocycles. The second-order valence-electron chi connectivity index (χ2n) is 4.65. The van der Waals surface area contributed by atoms with Crippen molar-refractivity contribution in [3.63, 3.8) is 0 Å². The molecule has 1 amide bonds. The normalized spacial score (nSPS) is 19.6. The van der Waals surface area contributed by atoms with E-state index in [0.717, 1.165) is 5.69 Å². The summed E-state index contributed by atoms with van der Waals surface area (Å²) in [7, 11) is 1.98. The van der Waals surface area contributed by atoms with Gasteiger partial charge in [-0.15, -0.1) is 0 Å². The summed E-state index contributed by atoms with van der Waals surface area (Å²) in [5.41, 5.74) is 1.66. The van der Waals surface area contributed by atoms with E-state index in [4.69, 9.17) is 9.15 Å². The molecule has 2 aromatic rings. The molecular formula is C14H16N2O3. The number of hydrogen-bond acceptors (Lipinski definition) is 3. The molecule has 1 saturated heterocycles. The number of nitrogens with zero attached hydrogens (tertiary/aromatic N) is 2. The van der Waals surface area contributed by atoms with Crippen LogP contribution in [0.1, 0.15) is 22.1 Å². The van der Waals surface area contributed by atoms with Crippen LogP contribution in [0.25, 0.3) is 0 Å². The summed E-state index contributed by atoms with van der Waals surface area (Å²) >= 11 is 0. The first-order chi connectivity index (χ1) is 9.27. The smallest absolute Gasteiger partial charge is 0.257 e. The molecule has 3 rings (SSSR count). The largest absolute Gasteiger partial charge is 0.472 e. The van der Waals surface area contributed by atoms with Crippen LogP contribution in [0.15, 0.2) is 41.3 Å². The van der Waals surface area contributed by atoms with Gasteiger partial charge < -0.3 is 18.6 Å². The number of furan rings is 1. The molecule has 1 atom stereocenters. The summed E-state index contributed by atoms with van der Waals surface area (Å²) in [6, 6.07) is 5.65. The number of amides is 1. The maximum absolute atomic E-state index is 12.5. The quantitative estimate of drug-likeness (QED) is 0.827. The Bertz CT molecular complexity index is 559. The van der Waals surface area contributed by atoms with Gasteiger partial charge in [-0.05, 0) is 18.2 Å². The van der Waals surface area contributed by atoms with E-state index in [1.807, 2.05) is 34.8 Å². The zero-order valence-corrected chi connectivity index (χ0v) is 10.8. The maximum Gasteiger partial charge on any atom is 0.257 e. The number of hydrogen-bond donors (Lipinski definition) is 0. The topological polar surface area (TPSA) is 47.6 Å². The molecule has 0 bridgehead atoms. The Morgan fingerprint density at radius 1 is 1.42 bits per heavy atom. The summed E-state index contributed by atoms with van der Waals surface area (Å²) in [6.07, 6.45) is 4.98. The van der Waals surface area contributed by atoms with Gasteiger partial charge in [0.05, 0.1) is 31.1 Å². The lowest BCUT2D eigenvalue weighted by molar-refractivity contribution is -0.00466. The van der Waals surface area contributed by atoms with Gasteiger partial charge in [0.1, 0.15) is 6.26 Å². The van der Waals surface area contributed by atoms with Crippen LogP contribution in [-0.2, 0) is 11.8 Å². The maximum atomic E-state index is 12.5. The van der Waals surface area contributed by atoms with Crippen molar-refractivity contribution in [2.24, 2.45) is 7.05 Å². The predicted octanol–water partition coefficient (Wildman–Crippen LogP) is 1.83. The van der Waals surface area contributed by atoms with Gasteiger partial charge >= 0.3 is 0 Å². The van der Waals surface area contributed by atoms with Crippen molar-refractivity contribution < 1.29 is 13.9 Å². The van der Waals surface area contributed by atoms with Gasteiger partial charge in [0.2, 0.25) is 0 Å². The zero-order valence-electron chi connectivity index (χ0n) is 10.8. The number of rotatable bonds is 2. The highest BCUT2D eigenvalue weighted by atomic mass is 16.5. The minimum atomic E-state index is -0.0452. The molecule has 5 nitrogen and oxygen atoms in total. The lowest BCUT2D eigenvalue weighted by Crippen LogP contribution is -2.43. The zero-order chi connectivity index (χ0) is 13.2. The standard InChI is InChI=1S/C14H16N2O3/c1-15-5-2-3-12(15)13-10-19-8-6-16(13)14(17)11-4-7-18-9-11/h2-5,7,9,13H,6,8,10H2,1H3/t13-/m1/s1. The van der Waals surface area contributed by atoms with E-state index in [-0.39, 0.29) is 11.9 Å². The van der Waals surface area contributed by atoms with E-state index in [2.05, 4.69) is 0 Å². The van der Waals surface area contributed by atoms with Gasteiger partial charge in [0.25, 0.3) is 5.91 Å². The molecule has 2 aromatic heterocycles. The second-order valence-corrected chi connectivity index (χ2v) is 4.65. The molecular weight excluding hydrogens is 244 g/mol. The van der Waals surface area contributed by atoms with Gasteiger partial charge in [-0.1, -0.05) is 0 Å². The second kappa shape index (κ2) is 4.93. The summed E-state index contributed by atoms with van der Waals surface area (Å²) in [4.78, 5) is 14.3. The third kappa shape index (κ3) is 2.17. The van der Waals surface area contributed by atoms with E-state index in [1.54, 1.807) is 6.07 Å². The average Bonchev–Trinajstić information content (AvgIpc) is 3.09. The molecule has 19 heavy (non-hydrogen) atoms. The van der Waals surface area contributed by atoms with Crippen LogP contribution in [0.4, 0.5) is 0 Å². The van der Waals surface area contributed by atoms with Crippen LogP contribution >= 0.6 is 0 Å². The van der Waals surface area contributed by atoms with Crippen molar-refractivity contribution in [2.45, 2.75) is 6.04 Å². The Kier molecular flexibility index (Phi) is 3.13. The minimum Gasteiger partial charge on any atom is -0.472 e. The number of morpholine rings is 1. The molecule has 0 saturated carbocycles. The molecule has 1 aliphatic heterocycles. The summed E-state index contributed by atoms with van der Waals surface area (Å²) < 4.78 is 12.5. The van der Waals surface area contributed by atoms with Crippen LogP contribution in [0.3, 0.4) is 0 Å². The Hall–Kier alpha value is -2.01. The van der Waals surface area contributed by atoms with Gasteiger partial charge in [0.15, 0.2) is 0 Å². The highest BCUT2D eigenvalue weighted by Gasteiger charge is 2.30. The molecule has 100 valence electrons. The third-order valence-electron chi connectivity index (χ3n) is 3.48. The average molecular weight is 260 g/mol. The molecule has 0 radical (unpaired) electrons. The van der Waals surface area contributed by atoms with Crippen LogP contribution in [-0.4, -0.2) is 35.1 Å². The molecule has 0 aliphatic carbocycles. The van der Waals surface area contributed by atoms with E-state index in [9.17, 15) is 4.79 Å². The van der Waals surface area contributed by atoms with Gasteiger partial charge in [-0.2, -0.15) is 0 Å². The van der Waals surface area contributed by atoms with E-state index in [0.29, 0.717) is 25.3 Å². The Morgan fingerprint density at radius 2 is 2.32 bits per heavy atom. The van der Waals surface area contributed by atoms with Gasteiger partial charge in [-0.3, -0.25) is 4.79 Å². The summed E-state index contributed by atoms with van der Waals surface area (Å²) in [6.45, 7) is 1.70. The van der Waals surface area contributed by atoms with Gasteiger partial charge in [0, 0.05) is 25.5 Å². The van der Waals surface area contributed by atoms with Crippen LogP contribution in [0, 0.1) is 0 Å². The molecule has 5 heteroatoms. The first kappa shape index (κ1) is 12.0. The third-order valence-corrected chi connectivity index (χ3v) is 3.48. The van der Waals surface area contributed by atoms with Crippen LogP contribution < -0.4 is 0 Å². The van der Waals surface area contributed by atoms with Crippen molar-refractivity contribution in [2.75, 3.05) is 19.8 Å². The summed E-state index contributed by atoms with van der Waals surface area (Å²) in [5, 5.41) is 0. The molecule has 0 unspecified atom stereocenters. The van der Waals surface area contributed by atoms with Crippen LogP contribution in [0.5, 0.6) is 0 Å². The van der Waals surface area contributed by atoms with Crippen molar-refractivity contribution in [3.05, 3.63) is 48.2 Å². The Balaban J connectivity index is 1.90. The van der Waals surface area contributed by atoms with Crippen LogP contribution in [0.2, 0.25) is 0 Å². The first-order valence-electron chi connectivity index (χ1n) is 6.29. The lowest BCUT2D eigenvalue weighted by Gasteiger charge is -2.35. The molecule has 1 aliphatic rings. The number of carbonyl (C=O) groups excluding carboxylic acids is 1. The number of aromatic nitrogens is 1. The molecule has 0 N–H and O–H groups in total. The Labute approximate surface area is 111 Å². The van der Waals surface area contributed by atoms with Crippen molar-refractivity contribution in [1.29, 1.82) is 0 Å². The van der Waals surface area contributed by atoms with Crippen molar-refractivity contribution >= 4 is 5.91 Å². The fourth-order valence-electron chi connectivity index (χ4n) is 2.46. The monoisotopic (exact) mass is 260 g/mol. The molecule has 0 aromatic carbocycles. The summed E-state index contributed by atoms with van der Waals surface area (Å²) in [5.74, 6) is -0.0109. The Morgan fingerprint density at radius 3 is 3.00 bits per heavy atom. The van der Waals surface area contributed by atoms with E-state index in [1.165, 1.54) is 12.5 Å². The fraction of sp³-hybridized carbons (Fsp3) is 0.357. The highest BCUT2D eigenvalue weighted by Crippen LogP contribution is 2.26. The predicted molar refractivity (Wildman–Crippen MR) is 68.7 cm³/mol. The minimum absolute atomic E-state index is 0.0109. The van der Waals surface area contributed by atoms with E-state index < -0.39 is 0 Å². The number of carbonyl (C=O) groups is 1. The van der Waals surface area contributed by atoms with Gasteiger partial charge in [-0.25, -0.2) is 0 Å². The molecule has 1 fully saturated rings. The lowest BCUT2D eigenvalue weighted by atomic mass is 10.1. The SMILES string of the molecule is Cn1cccc1[C@H]1COCCN1C(=O)c1ccoc1. The fourth-order valence-corrected chi connectivity index (χ4v) is 2.46. The molecule has 0 spiro atoms. The highest BCUT2D eigenvalue weighted by molar-refractivity contribution is 5.94. The van der Waals surface area contributed by atoms with E-state index >= 15 is 0 Å².